The van der Waals surface area contributed by atoms with Gasteiger partial charge in [0.2, 0.25) is 0 Å². The molecule has 0 atom stereocenters. The Morgan fingerprint density at radius 2 is 1.00 bits per heavy atom. The molecule has 10 aromatic rings. The van der Waals surface area contributed by atoms with Crippen LogP contribution in [0.1, 0.15) is 0 Å². The minimum absolute atomic E-state index is 0.704. The SMILES string of the molecule is c1ccc(-c2cc(-c3ccccc3)nc(-c3ccc(-n4c5ccccc5c5c6c7ccccc7[nH]c6c6ccccc6c54)cc3)n2)cc1. The number of aromatic nitrogens is 4. The molecule has 3 heterocycles. The summed E-state index contributed by atoms with van der Waals surface area (Å²) in [6, 6.07) is 57.6. The summed E-state index contributed by atoms with van der Waals surface area (Å²) in [6.45, 7) is 0. The highest BCUT2D eigenvalue weighted by atomic mass is 15.0. The molecule has 1 N–H and O–H groups in total. The summed E-state index contributed by atoms with van der Waals surface area (Å²) in [5, 5.41) is 7.46. The summed E-state index contributed by atoms with van der Waals surface area (Å²) in [5.41, 5.74) is 10.7. The van der Waals surface area contributed by atoms with E-state index in [1.807, 2.05) is 36.4 Å². The van der Waals surface area contributed by atoms with E-state index < -0.39 is 0 Å². The Morgan fingerprint density at radius 1 is 0.438 bits per heavy atom. The van der Waals surface area contributed by atoms with Crippen LogP contribution in [0.2, 0.25) is 0 Å². The number of nitrogens with one attached hydrogen (secondary N) is 1. The fourth-order valence-electron chi connectivity index (χ4n) is 7.38. The van der Waals surface area contributed by atoms with Crippen LogP contribution in [0, 0.1) is 0 Å². The summed E-state index contributed by atoms with van der Waals surface area (Å²) in [5.74, 6) is 0.704. The molecule has 4 nitrogen and oxygen atoms in total. The summed E-state index contributed by atoms with van der Waals surface area (Å²) in [7, 11) is 0. The first-order valence-corrected chi connectivity index (χ1v) is 16.3. The molecule has 0 radical (unpaired) electrons. The van der Waals surface area contributed by atoms with Crippen molar-refractivity contribution in [1.82, 2.24) is 19.5 Å². The molecular weight excluding hydrogens is 585 g/mol. The van der Waals surface area contributed by atoms with Crippen LogP contribution in [0.15, 0.2) is 164 Å². The van der Waals surface area contributed by atoms with Gasteiger partial charge in [0.05, 0.1) is 27.9 Å². The summed E-state index contributed by atoms with van der Waals surface area (Å²) in [4.78, 5) is 13.9. The van der Waals surface area contributed by atoms with Crippen molar-refractivity contribution in [2.75, 3.05) is 0 Å². The summed E-state index contributed by atoms with van der Waals surface area (Å²) < 4.78 is 2.43. The van der Waals surface area contributed by atoms with Gasteiger partial charge in [0.25, 0.3) is 0 Å². The average Bonchev–Trinajstić information content (AvgIpc) is 3.72. The van der Waals surface area contributed by atoms with Gasteiger partial charge in [0.15, 0.2) is 5.82 Å². The second-order valence-corrected chi connectivity index (χ2v) is 12.3. The smallest absolute Gasteiger partial charge is 0.160 e. The van der Waals surface area contributed by atoms with Gasteiger partial charge in [-0.2, -0.15) is 0 Å². The van der Waals surface area contributed by atoms with Crippen molar-refractivity contribution in [1.29, 1.82) is 0 Å². The average molecular weight is 613 g/mol. The number of hydrogen-bond acceptors (Lipinski definition) is 2. The molecule has 0 aliphatic carbocycles. The third-order valence-corrected chi connectivity index (χ3v) is 9.53. The number of rotatable bonds is 4. The fraction of sp³-hybridized carbons (Fsp3) is 0. The van der Waals surface area contributed by atoms with Gasteiger partial charge >= 0.3 is 0 Å². The molecule has 3 aromatic heterocycles. The molecule has 0 saturated carbocycles. The van der Waals surface area contributed by atoms with Crippen molar-refractivity contribution < 1.29 is 0 Å². The summed E-state index contributed by atoms with van der Waals surface area (Å²) >= 11 is 0. The first-order chi connectivity index (χ1) is 23.8. The molecule has 224 valence electrons. The molecule has 0 aliphatic rings. The lowest BCUT2D eigenvalue weighted by Crippen LogP contribution is -1.97. The maximum Gasteiger partial charge on any atom is 0.160 e. The zero-order valence-electron chi connectivity index (χ0n) is 25.9. The van der Waals surface area contributed by atoms with Crippen molar-refractivity contribution in [3.05, 3.63) is 164 Å². The largest absolute Gasteiger partial charge is 0.354 e. The number of H-pyrrole nitrogens is 1. The van der Waals surface area contributed by atoms with E-state index in [4.69, 9.17) is 9.97 Å². The van der Waals surface area contributed by atoms with Crippen LogP contribution >= 0.6 is 0 Å². The molecule has 0 fully saturated rings. The molecule has 0 saturated heterocycles. The van der Waals surface area contributed by atoms with Crippen molar-refractivity contribution in [2.24, 2.45) is 0 Å². The normalized spacial score (nSPS) is 11.8. The van der Waals surface area contributed by atoms with Crippen LogP contribution in [0.25, 0.3) is 94.0 Å². The molecule has 0 unspecified atom stereocenters. The van der Waals surface area contributed by atoms with Gasteiger partial charge in [0, 0.05) is 60.2 Å². The molecule has 0 aliphatic heterocycles. The highest BCUT2D eigenvalue weighted by Crippen LogP contribution is 2.44. The van der Waals surface area contributed by atoms with Crippen LogP contribution in [-0.2, 0) is 0 Å². The van der Waals surface area contributed by atoms with Crippen LogP contribution in [0.5, 0.6) is 0 Å². The Hall–Kier alpha value is -6.52. The molecule has 0 spiro atoms. The Morgan fingerprint density at radius 3 is 1.69 bits per heavy atom. The van der Waals surface area contributed by atoms with Crippen LogP contribution in [0.3, 0.4) is 0 Å². The minimum atomic E-state index is 0.704. The Kier molecular flexibility index (Phi) is 5.84. The van der Waals surface area contributed by atoms with Gasteiger partial charge < -0.3 is 9.55 Å². The maximum absolute atomic E-state index is 5.07. The molecule has 7 aromatic carbocycles. The molecule has 0 bridgehead atoms. The van der Waals surface area contributed by atoms with E-state index >= 15 is 0 Å². The molecule has 10 rings (SSSR count). The quantitative estimate of drug-likeness (QED) is 0.215. The topological polar surface area (TPSA) is 46.5 Å². The minimum Gasteiger partial charge on any atom is -0.354 e. The van der Waals surface area contributed by atoms with Crippen molar-refractivity contribution in [3.63, 3.8) is 0 Å². The molecule has 48 heavy (non-hydrogen) atoms. The fourth-order valence-corrected chi connectivity index (χ4v) is 7.38. The highest BCUT2D eigenvalue weighted by Gasteiger charge is 2.21. The van der Waals surface area contributed by atoms with E-state index in [-0.39, 0.29) is 0 Å². The number of fused-ring (bicyclic) bond motifs is 10. The Bertz CT molecular complexity index is 2750. The van der Waals surface area contributed by atoms with E-state index in [0.717, 1.165) is 39.3 Å². The third-order valence-electron chi connectivity index (χ3n) is 9.53. The second-order valence-electron chi connectivity index (χ2n) is 12.3. The van der Waals surface area contributed by atoms with E-state index in [2.05, 4.69) is 137 Å². The number of para-hydroxylation sites is 2. The Labute approximate surface area is 276 Å². The zero-order chi connectivity index (χ0) is 31.6. The number of aromatic amines is 1. The number of hydrogen-bond donors (Lipinski definition) is 1. The van der Waals surface area contributed by atoms with Gasteiger partial charge in [-0.05, 0) is 42.5 Å². The van der Waals surface area contributed by atoms with E-state index in [1.54, 1.807) is 0 Å². The third kappa shape index (κ3) is 4.03. The number of nitrogens with zero attached hydrogens (tertiary/aromatic N) is 3. The first kappa shape index (κ1) is 26.7. The Balaban J connectivity index is 1.21. The van der Waals surface area contributed by atoms with Gasteiger partial charge in [-0.1, -0.05) is 121 Å². The van der Waals surface area contributed by atoms with Gasteiger partial charge in [-0.15, -0.1) is 0 Å². The van der Waals surface area contributed by atoms with Crippen molar-refractivity contribution in [3.8, 4) is 39.6 Å². The van der Waals surface area contributed by atoms with Gasteiger partial charge in [-0.25, -0.2) is 9.97 Å². The van der Waals surface area contributed by atoms with Crippen LogP contribution in [0.4, 0.5) is 0 Å². The maximum atomic E-state index is 5.07. The van der Waals surface area contributed by atoms with E-state index in [9.17, 15) is 0 Å². The predicted octanol–water partition coefficient (Wildman–Crippen LogP) is 11.4. The standard InChI is InChI=1S/C44H28N4/c1-3-13-28(14-4-1)37-27-38(29-15-5-2-6-16-29)47-44(46-37)30-23-25-31(26-24-30)48-39-22-12-10-20-35(39)41-40-34-19-9-11-21-36(34)45-42(40)32-17-7-8-18-33(32)43(41)48/h1-27,45H. The van der Waals surface area contributed by atoms with Crippen LogP contribution < -0.4 is 0 Å². The molecular formula is C44H28N4. The number of benzene rings is 7. The zero-order valence-corrected chi connectivity index (χ0v) is 25.9. The van der Waals surface area contributed by atoms with Crippen LogP contribution in [-0.4, -0.2) is 19.5 Å². The molecule has 0 amide bonds. The van der Waals surface area contributed by atoms with E-state index in [0.29, 0.717) is 5.82 Å². The van der Waals surface area contributed by atoms with Crippen molar-refractivity contribution in [2.45, 2.75) is 0 Å². The lowest BCUT2D eigenvalue weighted by atomic mass is 9.99. The van der Waals surface area contributed by atoms with E-state index in [1.165, 1.54) is 48.9 Å². The summed E-state index contributed by atoms with van der Waals surface area (Å²) in [6.07, 6.45) is 0. The second kappa shape index (κ2) is 10.5. The van der Waals surface area contributed by atoms with Gasteiger partial charge in [0.1, 0.15) is 0 Å². The monoisotopic (exact) mass is 612 g/mol. The van der Waals surface area contributed by atoms with Gasteiger partial charge in [-0.3, -0.25) is 0 Å². The molecule has 4 heteroatoms. The highest BCUT2D eigenvalue weighted by molar-refractivity contribution is 6.36. The first-order valence-electron chi connectivity index (χ1n) is 16.3. The predicted molar refractivity (Wildman–Crippen MR) is 200 cm³/mol. The lowest BCUT2D eigenvalue weighted by Gasteiger charge is -2.12. The van der Waals surface area contributed by atoms with Crippen molar-refractivity contribution >= 4 is 54.4 Å². The lowest BCUT2D eigenvalue weighted by molar-refractivity contribution is 1.17.